The number of hydrogen-bond acceptors (Lipinski definition) is 5. The van der Waals surface area contributed by atoms with Crippen molar-refractivity contribution in [3.8, 4) is 0 Å². The number of carbonyl (C=O) groups is 1. The third-order valence-electron chi connectivity index (χ3n) is 1.39. The molecule has 0 heterocycles. The molecule has 0 unspecified atom stereocenters. The molecule has 1 amide bonds. The number of nitrogens with one attached hydrogen (secondary N) is 2. The zero-order valence-electron chi connectivity index (χ0n) is 10.5. The van der Waals surface area contributed by atoms with Crippen molar-refractivity contribution in [3.63, 3.8) is 0 Å². The molecule has 0 aliphatic heterocycles. The smallest absolute Gasteiger partial charge is 0.407 e. The molecule has 0 aromatic rings. The van der Waals surface area contributed by atoms with Crippen LogP contribution in [0.1, 0.15) is 20.8 Å². The highest BCUT2D eigenvalue weighted by Gasteiger charge is 2.15. The molecule has 0 aromatic heterocycles. The highest BCUT2D eigenvalue weighted by molar-refractivity contribution is 5.67. The summed E-state index contributed by atoms with van der Waals surface area (Å²) in [4.78, 5) is 16.2. The molecule has 0 bridgehead atoms. The minimum atomic E-state index is -0.466. The Morgan fingerprint density at radius 1 is 1.19 bits per heavy atom. The molecular weight excluding hydrogens is 212 g/mol. The van der Waals surface area contributed by atoms with E-state index < -0.39 is 11.7 Å². The highest BCUT2D eigenvalue weighted by atomic mass is 16.7. The number of amides is 1. The first-order valence-corrected chi connectivity index (χ1v) is 5.26. The molecule has 2 N–H and O–H groups in total. The van der Waals surface area contributed by atoms with Crippen molar-refractivity contribution in [1.29, 1.82) is 0 Å². The van der Waals surface area contributed by atoms with Crippen LogP contribution in [0.4, 0.5) is 4.79 Å². The van der Waals surface area contributed by atoms with Crippen LogP contribution in [0.2, 0.25) is 0 Å². The topological polar surface area (TPSA) is 68.8 Å². The van der Waals surface area contributed by atoms with Gasteiger partial charge in [0.05, 0.1) is 13.2 Å². The Kier molecular flexibility index (Phi) is 7.88. The van der Waals surface area contributed by atoms with Gasteiger partial charge in [-0.15, -0.1) is 0 Å². The number of rotatable bonds is 7. The molecule has 0 saturated heterocycles. The molecular formula is C10H22N2O4. The number of alkyl carbamates (subject to hydrolysis) is 1. The second kappa shape index (κ2) is 8.32. The second-order valence-electron chi connectivity index (χ2n) is 4.16. The quantitative estimate of drug-likeness (QED) is 0.501. The maximum Gasteiger partial charge on any atom is 0.407 e. The van der Waals surface area contributed by atoms with Crippen molar-refractivity contribution in [2.24, 2.45) is 0 Å². The van der Waals surface area contributed by atoms with Crippen LogP contribution >= 0.6 is 0 Å². The summed E-state index contributed by atoms with van der Waals surface area (Å²) < 4.78 is 9.83. The maximum absolute atomic E-state index is 11.2. The van der Waals surface area contributed by atoms with E-state index in [0.717, 1.165) is 0 Å². The van der Waals surface area contributed by atoms with Crippen LogP contribution in [0.3, 0.4) is 0 Å². The van der Waals surface area contributed by atoms with Gasteiger partial charge in [-0.3, -0.25) is 4.84 Å². The summed E-state index contributed by atoms with van der Waals surface area (Å²) in [7, 11) is 1.60. The number of ether oxygens (including phenoxy) is 2. The maximum atomic E-state index is 11.2. The van der Waals surface area contributed by atoms with Gasteiger partial charge in [-0.05, 0) is 20.8 Å². The first-order chi connectivity index (χ1) is 7.45. The summed E-state index contributed by atoms with van der Waals surface area (Å²) in [6.45, 7) is 7.43. The molecule has 0 aliphatic carbocycles. The summed E-state index contributed by atoms with van der Waals surface area (Å²) in [6, 6.07) is 0. The van der Waals surface area contributed by atoms with Crippen molar-refractivity contribution in [2.75, 3.05) is 33.4 Å². The molecule has 0 aromatic carbocycles. The number of hydrogen-bond donors (Lipinski definition) is 2. The molecule has 96 valence electrons. The first kappa shape index (κ1) is 15.2. The lowest BCUT2D eigenvalue weighted by molar-refractivity contribution is 0.00685. The molecule has 0 aliphatic rings. The number of carbonyl (C=O) groups excluding carboxylic acids is 1. The Morgan fingerprint density at radius 2 is 1.88 bits per heavy atom. The van der Waals surface area contributed by atoms with Gasteiger partial charge >= 0.3 is 6.09 Å². The lowest BCUT2D eigenvalue weighted by Gasteiger charge is -2.19. The first-order valence-electron chi connectivity index (χ1n) is 5.26. The van der Waals surface area contributed by atoms with Crippen LogP contribution in [-0.2, 0) is 14.3 Å². The molecule has 0 spiro atoms. The minimum Gasteiger partial charge on any atom is -0.444 e. The molecule has 0 rings (SSSR count). The fourth-order valence-electron chi connectivity index (χ4n) is 0.799. The third kappa shape index (κ3) is 11.2. The van der Waals surface area contributed by atoms with Gasteiger partial charge in [-0.2, -0.15) is 0 Å². The van der Waals surface area contributed by atoms with E-state index in [-0.39, 0.29) is 0 Å². The Morgan fingerprint density at radius 3 is 2.44 bits per heavy atom. The van der Waals surface area contributed by atoms with Gasteiger partial charge in [0.1, 0.15) is 5.60 Å². The molecule has 0 saturated carbocycles. The molecule has 0 fully saturated rings. The van der Waals surface area contributed by atoms with E-state index in [4.69, 9.17) is 14.3 Å². The van der Waals surface area contributed by atoms with E-state index >= 15 is 0 Å². The van der Waals surface area contributed by atoms with E-state index in [1.54, 1.807) is 7.11 Å². The van der Waals surface area contributed by atoms with Gasteiger partial charge in [0.2, 0.25) is 0 Å². The van der Waals surface area contributed by atoms with Crippen LogP contribution in [0.5, 0.6) is 0 Å². The Hall–Kier alpha value is -0.850. The summed E-state index contributed by atoms with van der Waals surface area (Å²) >= 11 is 0. The van der Waals surface area contributed by atoms with Crippen molar-refractivity contribution in [1.82, 2.24) is 10.8 Å². The van der Waals surface area contributed by atoms with Gasteiger partial charge < -0.3 is 14.8 Å². The zero-order chi connectivity index (χ0) is 12.4. The van der Waals surface area contributed by atoms with Crippen LogP contribution in [-0.4, -0.2) is 45.1 Å². The van der Waals surface area contributed by atoms with Crippen LogP contribution in [0, 0.1) is 0 Å². The normalized spacial score (nSPS) is 11.2. The van der Waals surface area contributed by atoms with Crippen molar-refractivity contribution >= 4 is 6.09 Å². The number of hydroxylamine groups is 1. The molecule has 6 heteroatoms. The monoisotopic (exact) mass is 234 g/mol. The Balaban J connectivity index is 3.28. The third-order valence-corrected chi connectivity index (χ3v) is 1.39. The average Bonchev–Trinajstić information content (AvgIpc) is 2.13. The van der Waals surface area contributed by atoms with Crippen molar-refractivity contribution in [2.45, 2.75) is 26.4 Å². The summed E-state index contributed by atoms with van der Waals surface area (Å²) in [6.07, 6.45) is -0.425. The lowest BCUT2D eigenvalue weighted by atomic mass is 10.2. The summed E-state index contributed by atoms with van der Waals surface area (Å²) in [5.74, 6) is 0. The van der Waals surface area contributed by atoms with E-state index in [9.17, 15) is 4.79 Å². The lowest BCUT2D eigenvalue weighted by Crippen LogP contribution is -2.36. The van der Waals surface area contributed by atoms with E-state index in [1.165, 1.54) is 0 Å². The SMILES string of the molecule is COCCONCCNC(=O)OC(C)(C)C. The predicted octanol–water partition coefficient (Wildman–Crippen LogP) is 0.679. The van der Waals surface area contributed by atoms with E-state index in [1.807, 2.05) is 20.8 Å². The van der Waals surface area contributed by atoms with E-state index in [2.05, 4.69) is 10.8 Å². The second-order valence-corrected chi connectivity index (χ2v) is 4.16. The van der Waals surface area contributed by atoms with Gasteiger partial charge in [-0.1, -0.05) is 0 Å². The van der Waals surface area contributed by atoms with Crippen LogP contribution in [0.25, 0.3) is 0 Å². The summed E-state index contributed by atoms with van der Waals surface area (Å²) in [5.41, 5.74) is 2.22. The van der Waals surface area contributed by atoms with Crippen molar-refractivity contribution < 1.29 is 19.1 Å². The predicted molar refractivity (Wildman–Crippen MR) is 60.1 cm³/mol. The highest BCUT2D eigenvalue weighted by Crippen LogP contribution is 2.05. The number of methoxy groups -OCH3 is 1. The van der Waals surface area contributed by atoms with Gasteiger partial charge in [0.25, 0.3) is 0 Å². The van der Waals surface area contributed by atoms with Crippen LogP contribution in [0.15, 0.2) is 0 Å². The molecule has 16 heavy (non-hydrogen) atoms. The molecule has 0 radical (unpaired) electrons. The van der Waals surface area contributed by atoms with Gasteiger partial charge in [-0.25, -0.2) is 10.3 Å². The van der Waals surface area contributed by atoms with E-state index in [0.29, 0.717) is 26.3 Å². The average molecular weight is 234 g/mol. The van der Waals surface area contributed by atoms with Gasteiger partial charge in [0.15, 0.2) is 0 Å². The standard InChI is InChI=1S/C10H22N2O4/c1-10(2,3)16-9(13)11-5-6-12-15-8-7-14-4/h12H,5-8H2,1-4H3,(H,11,13). The summed E-state index contributed by atoms with van der Waals surface area (Å²) in [5, 5.41) is 2.60. The fraction of sp³-hybridized carbons (Fsp3) is 0.900. The Labute approximate surface area is 96.6 Å². The largest absolute Gasteiger partial charge is 0.444 e. The zero-order valence-corrected chi connectivity index (χ0v) is 10.5. The van der Waals surface area contributed by atoms with Crippen molar-refractivity contribution in [3.05, 3.63) is 0 Å². The van der Waals surface area contributed by atoms with Gasteiger partial charge in [0, 0.05) is 20.2 Å². The minimum absolute atomic E-state index is 0.425. The molecule has 0 atom stereocenters. The fourth-order valence-corrected chi connectivity index (χ4v) is 0.799. The van der Waals surface area contributed by atoms with Crippen LogP contribution < -0.4 is 10.8 Å². The molecule has 6 nitrogen and oxygen atoms in total. The Bertz CT molecular complexity index is 192.